The number of likely N-dealkylation sites (tertiary alicyclic amines) is 1. The van der Waals surface area contributed by atoms with Crippen molar-refractivity contribution in [2.45, 2.75) is 12.5 Å². The van der Waals surface area contributed by atoms with Crippen molar-refractivity contribution in [1.29, 1.82) is 0 Å². The van der Waals surface area contributed by atoms with Crippen LogP contribution in [0.4, 0.5) is 0 Å². The lowest BCUT2D eigenvalue weighted by Crippen LogP contribution is -2.33. The Morgan fingerprint density at radius 3 is 2.82 bits per heavy atom. The average molecular weight is 235 g/mol. The summed E-state index contributed by atoms with van der Waals surface area (Å²) in [6.07, 6.45) is 1.09. The van der Waals surface area contributed by atoms with Crippen LogP contribution in [-0.4, -0.2) is 43.7 Å². The molecule has 92 valence electrons. The van der Waals surface area contributed by atoms with Crippen molar-refractivity contribution in [3.8, 4) is 5.75 Å². The van der Waals surface area contributed by atoms with Crippen LogP contribution in [0.25, 0.3) is 0 Å². The maximum absolute atomic E-state index is 11.8. The van der Waals surface area contributed by atoms with Crippen LogP contribution in [0, 0.1) is 0 Å². The Bertz CT molecular complexity index is 366. The fraction of sp³-hybridized carbons (Fsp3) is 0.462. The van der Waals surface area contributed by atoms with Crippen molar-refractivity contribution >= 4 is 5.91 Å². The Hall–Kier alpha value is -1.55. The molecule has 0 bridgehead atoms. The summed E-state index contributed by atoms with van der Waals surface area (Å²) in [5.41, 5.74) is 0. The van der Waals surface area contributed by atoms with Crippen molar-refractivity contribution in [2.75, 3.05) is 26.8 Å². The Morgan fingerprint density at radius 2 is 2.18 bits per heavy atom. The fourth-order valence-electron chi connectivity index (χ4n) is 1.90. The van der Waals surface area contributed by atoms with Crippen molar-refractivity contribution in [3.63, 3.8) is 0 Å². The second-order valence-corrected chi connectivity index (χ2v) is 4.09. The van der Waals surface area contributed by atoms with E-state index < -0.39 is 0 Å². The quantitative estimate of drug-likeness (QED) is 0.790. The molecule has 0 saturated carbocycles. The van der Waals surface area contributed by atoms with Gasteiger partial charge in [-0.25, -0.2) is 0 Å². The lowest BCUT2D eigenvalue weighted by Gasteiger charge is -2.16. The maximum atomic E-state index is 11.8. The van der Waals surface area contributed by atoms with Gasteiger partial charge in [0.05, 0.1) is 6.10 Å². The molecule has 1 aromatic carbocycles. The zero-order chi connectivity index (χ0) is 12.1. The number of hydrogen-bond donors (Lipinski definition) is 0. The van der Waals surface area contributed by atoms with Gasteiger partial charge in [-0.15, -0.1) is 0 Å². The minimum Gasteiger partial charge on any atom is -0.484 e. The molecule has 0 spiro atoms. The van der Waals surface area contributed by atoms with Crippen LogP contribution in [0.5, 0.6) is 5.75 Å². The normalized spacial score (nSPS) is 19.4. The molecule has 1 fully saturated rings. The third-order valence-electron chi connectivity index (χ3n) is 2.94. The summed E-state index contributed by atoms with van der Waals surface area (Å²) in [6, 6.07) is 9.37. The number of para-hydroxylation sites is 1. The van der Waals surface area contributed by atoms with Crippen LogP contribution in [0.1, 0.15) is 6.42 Å². The van der Waals surface area contributed by atoms with Gasteiger partial charge >= 0.3 is 0 Å². The molecule has 1 heterocycles. The minimum absolute atomic E-state index is 0.0217. The highest BCUT2D eigenvalue weighted by Crippen LogP contribution is 2.13. The van der Waals surface area contributed by atoms with E-state index in [0.29, 0.717) is 6.54 Å². The van der Waals surface area contributed by atoms with Crippen LogP contribution < -0.4 is 4.74 Å². The highest BCUT2D eigenvalue weighted by atomic mass is 16.5. The van der Waals surface area contributed by atoms with E-state index in [4.69, 9.17) is 9.47 Å². The number of benzene rings is 1. The minimum atomic E-state index is 0.0217. The molecule has 4 heteroatoms. The van der Waals surface area contributed by atoms with Gasteiger partial charge in [-0.2, -0.15) is 0 Å². The number of ether oxygens (including phenoxy) is 2. The zero-order valence-electron chi connectivity index (χ0n) is 9.96. The van der Waals surface area contributed by atoms with Gasteiger partial charge in [-0.3, -0.25) is 4.79 Å². The lowest BCUT2D eigenvalue weighted by atomic mass is 10.3. The average Bonchev–Trinajstić information content (AvgIpc) is 2.86. The van der Waals surface area contributed by atoms with E-state index in [1.54, 1.807) is 12.0 Å². The zero-order valence-corrected chi connectivity index (χ0v) is 9.96. The van der Waals surface area contributed by atoms with E-state index in [1.807, 2.05) is 30.3 Å². The summed E-state index contributed by atoms with van der Waals surface area (Å²) in [4.78, 5) is 13.6. The third-order valence-corrected chi connectivity index (χ3v) is 2.94. The Morgan fingerprint density at radius 1 is 1.41 bits per heavy atom. The van der Waals surface area contributed by atoms with Gasteiger partial charge in [0.25, 0.3) is 5.91 Å². The summed E-state index contributed by atoms with van der Waals surface area (Å²) in [5, 5.41) is 0. The van der Waals surface area contributed by atoms with Crippen molar-refractivity contribution in [2.24, 2.45) is 0 Å². The smallest absolute Gasteiger partial charge is 0.260 e. The molecule has 0 N–H and O–H groups in total. The van der Waals surface area contributed by atoms with E-state index >= 15 is 0 Å². The van der Waals surface area contributed by atoms with Crippen LogP contribution in [0.15, 0.2) is 30.3 Å². The molecule has 2 rings (SSSR count). The van der Waals surface area contributed by atoms with Gasteiger partial charge in [-0.05, 0) is 18.6 Å². The number of carbonyl (C=O) groups is 1. The SMILES string of the molecule is COC1CCN(C(=O)COc2ccccc2)C1. The number of nitrogens with zero attached hydrogens (tertiary/aromatic N) is 1. The first-order valence-electron chi connectivity index (χ1n) is 5.78. The molecule has 0 aliphatic carbocycles. The molecular weight excluding hydrogens is 218 g/mol. The highest BCUT2D eigenvalue weighted by molar-refractivity contribution is 5.78. The fourth-order valence-corrected chi connectivity index (χ4v) is 1.90. The first-order valence-corrected chi connectivity index (χ1v) is 5.78. The van der Waals surface area contributed by atoms with Gasteiger partial charge in [0.2, 0.25) is 0 Å². The summed E-state index contributed by atoms with van der Waals surface area (Å²) in [7, 11) is 1.68. The third kappa shape index (κ3) is 3.20. The molecule has 4 nitrogen and oxygen atoms in total. The second-order valence-electron chi connectivity index (χ2n) is 4.09. The molecule has 1 saturated heterocycles. The molecule has 0 radical (unpaired) electrons. The molecule has 1 aromatic rings. The molecule has 1 amide bonds. The Kier molecular flexibility index (Phi) is 3.98. The van der Waals surface area contributed by atoms with Crippen LogP contribution >= 0.6 is 0 Å². The van der Waals surface area contributed by atoms with Crippen molar-refractivity contribution in [1.82, 2.24) is 4.90 Å². The lowest BCUT2D eigenvalue weighted by molar-refractivity contribution is -0.132. The summed E-state index contributed by atoms with van der Waals surface area (Å²) in [5.74, 6) is 0.747. The number of methoxy groups -OCH3 is 1. The number of rotatable bonds is 4. The van der Waals surface area contributed by atoms with E-state index in [0.717, 1.165) is 18.7 Å². The van der Waals surface area contributed by atoms with Crippen LogP contribution in [0.3, 0.4) is 0 Å². The van der Waals surface area contributed by atoms with E-state index in [-0.39, 0.29) is 18.6 Å². The van der Waals surface area contributed by atoms with Crippen LogP contribution in [0.2, 0.25) is 0 Å². The van der Waals surface area contributed by atoms with Gasteiger partial charge in [0, 0.05) is 20.2 Å². The van der Waals surface area contributed by atoms with Crippen molar-refractivity contribution in [3.05, 3.63) is 30.3 Å². The monoisotopic (exact) mass is 235 g/mol. The topological polar surface area (TPSA) is 38.8 Å². The molecule has 1 unspecified atom stereocenters. The first-order chi connectivity index (χ1) is 8.29. The number of hydrogen-bond acceptors (Lipinski definition) is 3. The maximum Gasteiger partial charge on any atom is 0.260 e. The van der Waals surface area contributed by atoms with E-state index in [1.165, 1.54) is 0 Å². The second kappa shape index (κ2) is 5.68. The summed E-state index contributed by atoms with van der Waals surface area (Å²) < 4.78 is 10.6. The molecular formula is C13H17NO3. The Balaban J connectivity index is 1.78. The van der Waals surface area contributed by atoms with Gasteiger partial charge in [0.1, 0.15) is 5.75 Å². The van der Waals surface area contributed by atoms with E-state index in [9.17, 15) is 4.79 Å². The van der Waals surface area contributed by atoms with Crippen molar-refractivity contribution < 1.29 is 14.3 Å². The van der Waals surface area contributed by atoms with Crippen LogP contribution in [-0.2, 0) is 9.53 Å². The number of carbonyl (C=O) groups excluding carboxylic acids is 1. The van der Waals surface area contributed by atoms with Gasteiger partial charge in [-0.1, -0.05) is 18.2 Å². The highest BCUT2D eigenvalue weighted by Gasteiger charge is 2.25. The molecule has 1 aliphatic rings. The molecule has 0 aromatic heterocycles. The molecule has 17 heavy (non-hydrogen) atoms. The Labute approximate surface area is 101 Å². The molecule has 1 aliphatic heterocycles. The molecule has 1 atom stereocenters. The summed E-state index contributed by atoms with van der Waals surface area (Å²) in [6.45, 7) is 1.53. The van der Waals surface area contributed by atoms with Gasteiger partial charge < -0.3 is 14.4 Å². The van der Waals surface area contributed by atoms with Gasteiger partial charge in [0.15, 0.2) is 6.61 Å². The standard InChI is InChI=1S/C13H17NO3/c1-16-12-7-8-14(9-12)13(15)10-17-11-5-3-2-4-6-11/h2-6,12H,7-10H2,1H3. The predicted octanol–water partition coefficient (Wildman–Crippen LogP) is 1.31. The summed E-state index contributed by atoms with van der Waals surface area (Å²) >= 11 is 0. The first kappa shape index (κ1) is 11.9. The largest absolute Gasteiger partial charge is 0.484 e. The van der Waals surface area contributed by atoms with E-state index in [2.05, 4.69) is 0 Å². The number of amides is 1. The predicted molar refractivity (Wildman–Crippen MR) is 63.9 cm³/mol.